The molecule has 24 heavy (non-hydrogen) atoms. The van der Waals surface area contributed by atoms with Crippen molar-refractivity contribution in [1.29, 1.82) is 0 Å². The molecule has 0 spiro atoms. The summed E-state index contributed by atoms with van der Waals surface area (Å²) in [6.07, 6.45) is 4.06. The van der Waals surface area contributed by atoms with Gasteiger partial charge in [0.25, 0.3) is 5.89 Å². The molecule has 122 valence electrons. The number of carbonyl (C=O) groups is 1. The lowest BCUT2D eigenvalue weighted by molar-refractivity contribution is -0.116. The summed E-state index contributed by atoms with van der Waals surface area (Å²) in [7, 11) is 0. The Kier molecular flexibility index (Phi) is 3.65. The smallest absolute Gasteiger partial charge is 0.264 e. The van der Waals surface area contributed by atoms with Crippen molar-refractivity contribution in [2.75, 3.05) is 5.32 Å². The van der Waals surface area contributed by atoms with Crippen molar-refractivity contribution in [1.82, 2.24) is 14.8 Å². The molecule has 0 aliphatic heterocycles. The van der Waals surface area contributed by atoms with Gasteiger partial charge < -0.3 is 14.3 Å². The van der Waals surface area contributed by atoms with E-state index in [4.69, 9.17) is 4.42 Å². The maximum atomic E-state index is 12.3. The molecule has 1 aliphatic rings. The van der Waals surface area contributed by atoms with Gasteiger partial charge in [0.15, 0.2) is 0 Å². The SMILES string of the molecule is Cc1cccc(NC(=O)Cn2cccc2-c2nnc(C3CC3)o2)c1. The lowest BCUT2D eigenvalue weighted by atomic mass is 10.2. The molecule has 6 heteroatoms. The van der Waals surface area contributed by atoms with Crippen molar-refractivity contribution >= 4 is 11.6 Å². The first-order valence-corrected chi connectivity index (χ1v) is 8.04. The molecule has 1 fully saturated rings. The predicted molar refractivity (Wildman–Crippen MR) is 89.5 cm³/mol. The Balaban J connectivity index is 1.48. The van der Waals surface area contributed by atoms with Crippen LogP contribution in [0.25, 0.3) is 11.6 Å². The van der Waals surface area contributed by atoms with Crippen LogP contribution in [0.5, 0.6) is 0 Å². The first-order chi connectivity index (χ1) is 11.7. The van der Waals surface area contributed by atoms with E-state index in [-0.39, 0.29) is 12.5 Å². The van der Waals surface area contributed by atoms with E-state index in [2.05, 4.69) is 15.5 Å². The average Bonchev–Trinajstić information content (AvgIpc) is 3.10. The Hall–Kier alpha value is -2.89. The van der Waals surface area contributed by atoms with Gasteiger partial charge in [-0.05, 0) is 49.6 Å². The Morgan fingerprint density at radius 1 is 1.29 bits per heavy atom. The normalized spacial score (nSPS) is 13.9. The second kappa shape index (κ2) is 5.96. The molecule has 0 bridgehead atoms. The fourth-order valence-electron chi connectivity index (χ4n) is 2.66. The topological polar surface area (TPSA) is 73.0 Å². The molecule has 1 aromatic carbocycles. The molecular formula is C18H18N4O2. The zero-order chi connectivity index (χ0) is 16.5. The number of hydrogen-bond donors (Lipinski definition) is 1. The quantitative estimate of drug-likeness (QED) is 0.781. The summed E-state index contributed by atoms with van der Waals surface area (Å²) in [6, 6.07) is 11.5. The van der Waals surface area contributed by atoms with Crippen molar-refractivity contribution in [2.45, 2.75) is 32.2 Å². The lowest BCUT2D eigenvalue weighted by Crippen LogP contribution is -2.18. The molecule has 1 amide bonds. The number of nitrogens with one attached hydrogen (secondary N) is 1. The Labute approximate surface area is 139 Å². The van der Waals surface area contributed by atoms with Gasteiger partial charge in [-0.3, -0.25) is 4.79 Å². The highest BCUT2D eigenvalue weighted by atomic mass is 16.4. The zero-order valence-corrected chi connectivity index (χ0v) is 13.4. The number of carbonyl (C=O) groups excluding carboxylic acids is 1. The van der Waals surface area contributed by atoms with Crippen molar-refractivity contribution < 1.29 is 9.21 Å². The van der Waals surface area contributed by atoms with E-state index in [9.17, 15) is 4.79 Å². The van der Waals surface area contributed by atoms with Crippen LogP contribution in [-0.2, 0) is 11.3 Å². The molecule has 0 unspecified atom stereocenters. The first-order valence-electron chi connectivity index (χ1n) is 8.04. The fraction of sp³-hybridized carbons (Fsp3) is 0.278. The summed E-state index contributed by atoms with van der Waals surface area (Å²) in [4.78, 5) is 12.3. The number of anilines is 1. The molecular weight excluding hydrogens is 304 g/mol. The van der Waals surface area contributed by atoms with Crippen LogP contribution in [-0.4, -0.2) is 20.7 Å². The summed E-state index contributed by atoms with van der Waals surface area (Å²) < 4.78 is 7.55. The fourth-order valence-corrected chi connectivity index (χ4v) is 2.66. The molecule has 1 saturated carbocycles. The van der Waals surface area contributed by atoms with E-state index in [1.807, 2.05) is 54.1 Å². The van der Waals surface area contributed by atoms with E-state index in [0.29, 0.717) is 17.7 Å². The van der Waals surface area contributed by atoms with E-state index in [1.165, 1.54) is 0 Å². The van der Waals surface area contributed by atoms with Crippen LogP contribution >= 0.6 is 0 Å². The predicted octanol–water partition coefficient (Wildman–Crippen LogP) is 3.36. The van der Waals surface area contributed by atoms with Gasteiger partial charge in [-0.25, -0.2) is 0 Å². The number of aryl methyl sites for hydroxylation is 1. The second-order valence-corrected chi connectivity index (χ2v) is 6.16. The molecule has 2 heterocycles. The van der Waals surface area contributed by atoms with Gasteiger partial charge in [-0.1, -0.05) is 12.1 Å². The second-order valence-electron chi connectivity index (χ2n) is 6.16. The third kappa shape index (κ3) is 3.08. The molecule has 0 saturated heterocycles. The number of aromatic nitrogens is 3. The average molecular weight is 322 g/mol. The molecule has 1 N–H and O–H groups in total. The maximum absolute atomic E-state index is 12.3. The van der Waals surface area contributed by atoms with Gasteiger partial charge >= 0.3 is 0 Å². The van der Waals surface area contributed by atoms with Crippen molar-refractivity contribution in [2.24, 2.45) is 0 Å². The third-order valence-electron chi connectivity index (χ3n) is 4.03. The molecule has 6 nitrogen and oxygen atoms in total. The minimum atomic E-state index is -0.0972. The van der Waals surface area contributed by atoms with Crippen molar-refractivity contribution in [3.05, 3.63) is 54.0 Å². The molecule has 0 atom stereocenters. The molecule has 4 rings (SSSR count). The van der Waals surface area contributed by atoms with Crippen LogP contribution in [0.2, 0.25) is 0 Å². The number of benzene rings is 1. The first kappa shape index (κ1) is 14.7. The Morgan fingerprint density at radius 2 is 2.17 bits per heavy atom. The van der Waals surface area contributed by atoms with Gasteiger partial charge in [0.2, 0.25) is 11.8 Å². The van der Waals surface area contributed by atoms with E-state index in [0.717, 1.165) is 29.8 Å². The minimum Gasteiger partial charge on any atom is -0.419 e. The van der Waals surface area contributed by atoms with Crippen LogP contribution in [0.1, 0.15) is 30.2 Å². The maximum Gasteiger partial charge on any atom is 0.264 e. The van der Waals surface area contributed by atoms with E-state index in [1.54, 1.807) is 0 Å². The largest absolute Gasteiger partial charge is 0.419 e. The van der Waals surface area contributed by atoms with Gasteiger partial charge in [0.1, 0.15) is 12.2 Å². The molecule has 0 radical (unpaired) electrons. The zero-order valence-electron chi connectivity index (χ0n) is 13.4. The van der Waals surface area contributed by atoms with E-state index < -0.39 is 0 Å². The number of hydrogen-bond acceptors (Lipinski definition) is 4. The number of rotatable bonds is 5. The highest BCUT2D eigenvalue weighted by molar-refractivity contribution is 5.90. The number of nitrogens with zero attached hydrogens (tertiary/aromatic N) is 3. The third-order valence-corrected chi connectivity index (χ3v) is 4.03. The summed E-state index contributed by atoms with van der Waals surface area (Å²) >= 11 is 0. The summed E-state index contributed by atoms with van der Waals surface area (Å²) in [5.41, 5.74) is 2.66. The van der Waals surface area contributed by atoms with Crippen LogP contribution in [0, 0.1) is 6.92 Å². The van der Waals surface area contributed by atoms with Gasteiger partial charge in [-0.15, -0.1) is 10.2 Å². The van der Waals surface area contributed by atoms with Crippen LogP contribution in [0.15, 0.2) is 47.0 Å². The van der Waals surface area contributed by atoms with Gasteiger partial charge in [0, 0.05) is 17.8 Å². The van der Waals surface area contributed by atoms with Crippen molar-refractivity contribution in [3.8, 4) is 11.6 Å². The minimum absolute atomic E-state index is 0.0972. The van der Waals surface area contributed by atoms with Crippen LogP contribution < -0.4 is 5.32 Å². The summed E-state index contributed by atoms with van der Waals surface area (Å²) in [5.74, 6) is 1.48. The molecule has 3 aromatic rings. The van der Waals surface area contributed by atoms with Gasteiger partial charge in [0.05, 0.1) is 0 Å². The molecule has 1 aliphatic carbocycles. The van der Waals surface area contributed by atoms with Crippen molar-refractivity contribution in [3.63, 3.8) is 0 Å². The Bertz CT molecular complexity index is 877. The van der Waals surface area contributed by atoms with Crippen LogP contribution in [0.3, 0.4) is 0 Å². The Morgan fingerprint density at radius 3 is 2.96 bits per heavy atom. The molecule has 2 aromatic heterocycles. The van der Waals surface area contributed by atoms with Crippen LogP contribution in [0.4, 0.5) is 5.69 Å². The summed E-state index contributed by atoms with van der Waals surface area (Å²) in [5, 5.41) is 11.1. The standard InChI is InChI=1S/C18H18N4O2/c1-12-4-2-5-14(10-12)19-16(23)11-22-9-3-6-15(22)18-21-20-17(24-18)13-7-8-13/h2-6,9-10,13H,7-8,11H2,1H3,(H,19,23). The van der Waals surface area contributed by atoms with E-state index >= 15 is 0 Å². The lowest BCUT2D eigenvalue weighted by Gasteiger charge is -2.08. The highest BCUT2D eigenvalue weighted by Crippen LogP contribution is 2.39. The van der Waals surface area contributed by atoms with Gasteiger partial charge in [-0.2, -0.15) is 0 Å². The summed E-state index contributed by atoms with van der Waals surface area (Å²) in [6.45, 7) is 2.18. The monoisotopic (exact) mass is 322 g/mol. The number of amides is 1. The highest BCUT2D eigenvalue weighted by Gasteiger charge is 2.29.